The van der Waals surface area contributed by atoms with Crippen molar-refractivity contribution < 1.29 is 0 Å². The number of hydrogen-bond donors (Lipinski definition) is 2. The molecule has 0 aliphatic rings. The number of unbranched alkanes of at least 4 members (excludes halogenated alkanes) is 3. The van der Waals surface area contributed by atoms with Gasteiger partial charge in [-0.2, -0.15) is 0 Å². The van der Waals surface area contributed by atoms with Gasteiger partial charge in [0.2, 0.25) is 0 Å². The third kappa shape index (κ3) is 7.30. The summed E-state index contributed by atoms with van der Waals surface area (Å²) in [7, 11) is 0. The van der Waals surface area contributed by atoms with Crippen molar-refractivity contribution in [3.63, 3.8) is 0 Å². The van der Waals surface area contributed by atoms with E-state index in [1.54, 1.807) is 0 Å². The second-order valence-corrected chi connectivity index (χ2v) is 7.28. The summed E-state index contributed by atoms with van der Waals surface area (Å²) in [6.45, 7) is 11.8. The molecule has 21 heavy (non-hydrogen) atoms. The minimum Gasteiger partial charge on any atom is -0.384 e. The first kappa shape index (κ1) is 17.7. The van der Waals surface area contributed by atoms with Crippen molar-refractivity contribution in [2.45, 2.75) is 72.1 Å². The van der Waals surface area contributed by atoms with Crippen molar-refractivity contribution in [3.05, 3.63) is 11.9 Å². The highest BCUT2D eigenvalue weighted by Crippen LogP contribution is 2.21. The van der Waals surface area contributed by atoms with Gasteiger partial charge in [0.1, 0.15) is 17.5 Å². The van der Waals surface area contributed by atoms with Crippen LogP contribution in [0.25, 0.3) is 0 Å². The lowest BCUT2D eigenvalue weighted by atomic mass is 9.96. The van der Waals surface area contributed by atoms with Gasteiger partial charge >= 0.3 is 0 Å². The summed E-state index contributed by atoms with van der Waals surface area (Å²) in [5.41, 5.74) is 5.78. The van der Waals surface area contributed by atoms with Gasteiger partial charge in [0.25, 0.3) is 0 Å². The first-order valence-electron chi connectivity index (χ1n) is 8.18. The van der Waals surface area contributed by atoms with Crippen LogP contribution in [0.15, 0.2) is 6.07 Å². The molecule has 3 N–H and O–H groups in total. The predicted molar refractivity (Wildman–Crippen MR) is 91.6 cm³/mol. The minimum atomic E-state index is -0.0807. The molecule has 0 saturated carbocycles. The van der Waals surface area contributed by atoms with Gasteiger partial charge < -0.3 is 11.1 Å². The normalized spacial score (nSPS) is 11.9. The molecule has 0 radical (unpaired) electrons. The van der Waals surface area contributed by atoms with Crippen LogP contribution in [0.5, 0.6) is 0 Å². The molecule has 0 aromatic carbocycles. The molecule has 1 aromatic heterocycles. The third-order valence-corrected chi connectivity index (χ3v) is 3.43. The summed E-state index contributed by atoms with van der Waals surface area (Å²) < 4.78 is 0. The van der Waals surface area contributed by atoms with Crippen molar-refractivity contribution >= 4 is 11.6 Å². The monoisotopic (exact) mass is 292 g/mol. The third-order valence-electron chi connectivity index (χ3n) is 3.43. The van der Waals surface area contributed by atoms with Gasteiger partial charge in [0.05, 0.1) is 0 Å². The van der Waals surface area contributed by atoms with E-state index in [9.17, 15) is 0 Å². The molecule has 0 saturated heterocycles. The molecule has 1 aromatic rings. The van der Waals surface area contributed by atoms with Gasteiger partial charge in [-0.15, -0.1) is 0 Å². The molecule has 4 nitrogen and oxygen atoms in total. The van der Waals surface area contributed by atoms with Crippen molar-refractivity contribution in [2.24, 2.45) is 5.92 Å². The van der Waals surface area contributed by atoms with E-state index in [-0.39, 0.29) is 5.41 Å². The Labute approximate surface area is 130 Å². The number of rotatable bonds is 8. The first-order valence-corrected chi connectivity index (χ1v) is 8.18. The number of aromatic nitrogens is 2. The molecular weight excluding hydrogens is 260 g/mol. The maximum Gasteiger partial charge on any atom is 0.138 e. The van der Waals surface area contributed by atoms with E-state index >= 15 is 0 Å². The summed E-state index contributed by atoms with van der Waals surface area (Å²) >= 11 is 0. The van der Waals surface area contributed by atoms with Crippen LogP contribution in [0.4, 0.5) is 11.6 Å². The largest absolute Gasteiger partial charge is 0.384 e. The fraction of sp³-hybridized carbons (Fsp3) is 0.765. The Hall–Kier alpha value is -1.32. The molecular formula is C17H32N4. The van der Waals surface area contributed by atoms with Crippen LogP contribution in [-0.2, 0) is 5.41 Å². The second-order valence-electron chi connectivity index (χ2n) is 7.28. The maximum atomic E-state index is 5.86. The van der Waals surface area contributed by atoms with Gasteiger partial charge in [0.15, 0.2) is 0 Å². The first-order chi connectivity index (χ1) is 9.79. The topological polar surface area (TPSA) is 63.8 Å². The second kappa shape index (κ2) is 8.20. The van der Waals surface area contributed by atoms with Crippen LogP contribution < -0.4 is 11.1 Å². The van der Waals surface area contributed by atoms with Gasteiger partial charge in [-0.05, 0) is 12.3 Å². The smallest absolute Gasteiger partial charge is 0.138 e. The average Bonchev–Trinajstić information content (AvgIpc) is 2.35. The molecule has 0 aliphatic heterocycles. The SMILES string of the molecule is CC(C)CCCCCCNc1cc(N)nc(C(C)(C)C)n1. The number of nitrogen functional groups attached to an aromatic ring is 1. The Morgan fingerprint density at radius 1 is 1.10 bits per heavy atom. The molecule has 1 rings (SSSR count). The zero-order valence-electron chi connectivity index (χ0n) is 14.4. The summed E-state index contributed by atoms with van der Waals surface area (Å²) in [5, 5.41) is 3.37. The minimum absolute atomic E-state index is 0.0807. The highest BCUT2D eigenvalue weighted by Gasteiger charge is 2.18. The highest BCUT2D eigenvalue weighted by atomic mass is 15.1. The van der Waals surface area contributed by atoms with Crippen LogP contribution in [0.3, 0.4) is 0 Å². The molecule has 0 amide bonds. The summed E-state index contributed by atoms with van der Waals surface area (Å²) in [5.74, 6) is 2.99. The molecule has 1 heterocycles. The zero-order chi connectivity index (χ0) is 15.9. The van der Waals surface area contributed by atoms with E-state index in [1.807, 2.05) is 6.07 Å². The van der Waals surface area contributed by atoms with Crippen LogP contribution in [-0.4, -0.2) is 16.5 Å². The summed E-state index contributed by atoms with van der Waals surface area (Å²) in [6.07, 6.45) is 6.44. The van der Waals surface area contributed by atoms with Crippen molar-refractivity contribution in [2.75, 3.05) is 17.6 Å². The van der Waals surface area contributed by atoms with E-state index in [0.717, 1.165) is 24.1 Å². The fourth-order valence-electron chi connectivity index (χ4n) is 2.14. The summed E-state index contributed by atoms with van der Waals surface area (Å²) in [4.78, 5) is 8.88. The number of nitrogens with one attached hydrogen (secondary N) is 1. The van der Waals surface area contributed by atoms with E-state index in [1.165, 1.54) is 32.1 Å². The molecule has 4 heteroatoms. The zero-order valence-corrected chi connectivity index (χ0v) is 14.4. The Kier molecular flexibility index (Phi) is 6.93. The van der Waals surface area contributed by atoms with E-state index < -0.39 is 0 Å². The molecule has 0 spiro atoms. The number of hydrogen-bond acceptors (Lipinski definition) is 4. The summed E-state index contributed by atoms with van der Waals surface area (Å²) in [6, 6.07) is 1.81. The quantitative estimate of drug-likeness (QED) is 0.698. The van der Waals surface area contributed by atoms with Crippen LogP contribution in [0, 0.1) is 5.92 Å². The lowest BCUT2D eigenvalue weighted by Gasteiger charge is -2.18. The Bertz CT molecular complexity index is 421. The van der Waals surface area contributed by atoms with Gasteiger partial charge in [-0.1, -0.05) is 60.3 Å². The molecule has 0 unspecified atom stereocenters. The fourth-order valence-corrected chi connectivity index (χ4v) is 2.14. The van der Waals surface area contributed by atoms with E-state index in [2.05, 4.69) is 49.9 Å². The van der Waals surface area contributed by atoms with Gasteiger partial charge in [-0.3, -0.25) is 0 Å². The Morgan fingerprint density at radius 3 is 2.38 bits per heavy atom. The predicted octanol–water partition coefficient (Wildman–Crippen LogP) is 4.37. The molecule has 0 bridgehead atoms. The molecule has 120 valence electrons. The van der Waals surface area contributed by atoms with Crippen LogP contribution in [0.1, 0.15) is 72.5 Å². The molecule has 0 atom stereocenters. The van der Waals surface area contributed by atoms with Gasteiger partial charge in [-0.25, -0.2) is 9.97 Å². The lowest BCUT2D eigenvalue weighted by molar-refractivity contribution is 0.522. The molecule has 0 aliphatic carbocycles. The highest BCUT2D eigenvalue weighted by molar-refractivity contribution is 5.45. The Morgan fingerprint density at radius 2 is 1.76 bits per heavy atom. The van der Waals surface area contributed by atoms with Crippen molar-refractivity contribution in [1.29, 1.82) is 0 Å². The number of anilines is 2. The number of nitrogens with two attached hydrogens (primary N) is 1. The van der Waals surface area contributed by atoms with Crippen LogP contribution >= 0.6 is 0 Å². The van der Waals surface area contributed by atoms with Gasteiger partial charge in [0, 0.05) is 18.0 Å². The van der Waals surface area contributed by atoms with Crippen molar-refractivity contribution in [1.82, 2.24) is 9.97 Å². The number of nitrogens with zero attached hydrogens (tertiary/aromatic N) is 2. The van der Waals surface area contributed by atoms with E-state index in [4.69, 9.17) is 5.73 Å². The Balaban J connectivity index is 2.34. The lowest BCUT2D eigenvalue weighted by Crippen LogP contribution is -2.18. The molecule has 0 fully saturated rings. The van der Waals surface area contributed by atoms with Crippen molar-refractivity contribution in [3.8, 4) is 0 Å². The van der Waals surface area contributed by atoms with E-state index in [0.29, 0.717) is 5.82 Å². The average molecular weight is 292 g/mol. The van der Waals surface area contributed by atoms with Crippen LogP contribution in [0.2, 0.25) is 0 Å². The maximum absolute atomic E-state index is 5.86. The standard InChI is InChI=1S/C17H32N4/c1-13(2)10-8-6-7-9-11-19-15-12-14(18)20-16(21-15)17(3,4)5/h12-13H,6-11H2,1-5H3,(H3,18,19,20,21).